The monoisotopic (exact) mass is 326 g/mol. The van der Waals surface area contributed by atoms with Crippen molar-refractivity contribution in [1.82, 2.24) is 19.4 Å². The van der Waals surface area contributed by atoms with Crippen molar-refractivity contribution in [2.45, 2.75) is 44.7 Å². The molecule has 1 aromatic rings. The second-order valence-corrected chi connectivity index (χ2v) is 8.00. The van der Waals surface area contributed by atoms with Crippen molar-refractivity contribution in [3.8, 4) is 0 Å². The number of carbonyl (C=O) groups excluding carboxylic acids is 1. The van der Waals surface area contributed by atoms with Gasteiger partial charge in [-0.25, -0.2) is 8.42 Å². The zero-order valence-electron chi connectivity index (χ0n) is 12.8. The summed E-state index contributed by atoms with van der Waals surface area (Å²) in [5.74, 6) is -0.150. The molecule has 1 atom stereocenters. The van der Waals surface area contributed by atoms with Crippen molar-refractivity contribution in [3.63, 3.8) is 0 Å². The number of rotatable bonds is 4. The fraction of sp³-hybridized carbons (Fsp3) is 0.714. The molecule has 8 heteroatoms. The number of carbonyl (C=O) groups is 1. The first kappa shape index (κ1) is 15.5. The lowest BCUT2D eigenvalue weighted by Crippen LogP contribution is -2.42. The molecule has 2 aliphatic rings. The van der Waals surface area contributed by atoms with Crippen molar-refractivity contribution in [1.29, 1.82) is 0 Å². The van der Waals surface area contributed by atoms with Gasteiger partial charge in [0.2, 0.25) is 10.0 Å². The molecule has 0 spiro atoms. The molecule has 1 amide bonds. The lowest BCUT2D eigenvalue weighted by molar-refractivity contribution is 0.0945. The van der Waals surface area contributed by atoms with Gasteiger partial charge in [0.05, 0.1) is 23.7 Å². The van der Waals surface area contributed by atoms with Crippen molar-refractivity contribution < 1.29 is 13.2 Å². The summed E-state index contributed by atoms with van der Waals surface area (Å²) in [6.07, 6.45) is 7.54. The minimum Gasteiger partial charge on any atom is -0.350 e. The van der Waals surface area contributed by atoms with E-state index in [0.717, 1.165) is 44.3 Å². The SMILES string of the molecule is CS(=O)(=O)N1CCC[C@@H]1CNC(=O)c1cnn2c1CCCC2. The summed E-state index contributed by atoms with van der Waals surface area (Å²) in [6, 6.07) is -0.134. The van der Waals surface area contributed by atoms with Crippen LogP contribution < -0.4 is 5.32 Å². The lowest BCUT2D eigenvalue weighted by Gasteiger charge is -2.22. The first-order valence-corrected chi connectivity index (χ1v) is 9.61. The number of nitrogens with zero attached hydrogens (tertiary/aromatic N) is 3. The largest absolute Gasteiger partial charge is 0.350 e. The molecule has 0 bridgehead atoms. The van der Waals surface area contributed by atoms with Crippen LogP contribution in [0, 0.1) is 0 Å². The van der Waals surface area contributed by atoms with Gasteiger partial charge in [0.1, 0.15) is 0 Å². The van der Waals surface area contributed by atoms with E-state index in [4.69, 9.17) is 0 Å². The fourth-order valence-corrected chi connectivity index (χ4v) is 4.55. The zero-order chi connectivity index (χ0) is 15.7. The molecule has 2 aliphatic heterocycles. The van der Waals surface area contributed by atoms with Crippen LogP contribution in [0.1, 0.15) is 41.7 Å². The normalized spacial score (nSPS) is 22.5. The van der Waals surface area contributed by atoms with Gasteiger partial charge in [0, 0.05) is 25.7 Å². The number of sulfonamides is 1. The zero-order valence-corrected chi connectivity index (χ0v) is 13.6. The highest BCUT2D eigenvalue weighted by molar-refractivity contribution is 7.88. The molecule has 3 heterocycles. The minimum absolute atomic E-state index is 0.134. The number of nitrogens with one attached hydrogen (secondary N) is 1. The third-order valence-electron chi connectivity index (χ3n) is 4.47. The molecular weight excluding hydrogens is 304 g/mol. The molecule has 122 valence electrons. The summed E-state index contributed by atoms with van der Waals surface area (Å²) in [6.45, 7) is 1.77. The van der Waals surface area contributed by atoms with Crippen LogP contribution in [-0.4, -0.2) is 53.8 Å². The molecule has 1 fully saturated rings. The Hall–Kier alpha value is -1.41. The molecule has 0 unspecified atom stereocenters. The van der Waals surface area contributed by atoms with E-state index < -0.39 is 10.0 Å². The van der Waals surface area contributed by atoms with E-state index in [-0.39, 0.29) is 11.9 Å². The topological polar surface area (TPSA) is 84.3 Å². The highest BCUT2D eigenvalue weighted by Crippen LogP contribution is 2.21. The molecule has 1 N–H and O–H groups in total. The Kier molecular flexibility index (Phi) is 4.22. The van der Waals surface area contributed by atoms with Crippen molar-refractivity contribution >= 4 is 15.9 Å². The molecule has 0 saturated carbocycles. The summed E-state index contributed by atoms with van der Waals surface area (Å²) in [7, 11) is -3.20. The van der Waals surface area contributed by atoms with E-state index in [1.54, 1.807) is 6.20 Å². The fourth-order valence-electron chi connectivity index (χ4n) is 3.37. The first-order valence-electron chi connectivity index (χ1n) is 7.76. The van der Waals surface area contributed by atoms with Crippen molar-refractivity contribution in [2.24, 2.45) is 0 Å². The maximum Gasteiger partial charge on any atom is 0.254 e. The molecule has 0 aliphatic carbocycles. The second kappa shape index (κ2) is 6.00. The number of hydrogen-bond acceptors (Lipinski definition) is 4. The third-order valence-corrected chi connectivity index (χ3v) is 5.81. The van der Waals surface area contributed by atoms with E-state index >= 15 is 0 Å². The predicted octanol–water partition coefficient (Wildman–Crippen LogP) is 0.373. The van der Waals surface area contributed by atoms with Crippen LogP contribution in [0.3, 0.4) is 0 Å². The summed E-state index contributed by atoms with van der Waals surface area (Å²) in [5.41, 5.74) is 1.62. The summed E-state index contributed by atoms with van der Waals surface area (Å²) in [5, 5.41) is 7.14. The summed E-state index contributed by atoms with van der Waals surface area (Å²) >= 11 is 0. The number of hydrogen-bond donors (Lipinski definition) is 1. The molecular formula is C14H22N4O3S. The quantitative estimate of drug-likeness (QED) is 0.866. The van der Waals surface area contributed by atoms with Crippen LogP contribution in [0.4, 0.5) is 0 Å². The van der Waals surface area contributed by atoms with Gasteiger partial charge in [-0.2, -0.15) is 9.40 Å². The van der Waals surface area contributed by atoms with E-state index in [2.05, 4.69) is 10.4 Å². The van der Waals surface area contributed by atoms with Gasteiger partial charge < -0.3 is 5.32 Å². The third kappa shape index (κ3) is 3.03. The molecule has 1 aromatic heterocycles. The Morgan fingerprint density at radius 3 is 2.95 bits per heavy atom. The summed E-state index contributed by atoms with van der Waals surface area (Å²) in [4.78, 5) is 12.4. The Labute approximate surface area is 130 Å². The number of aromatic nitrogens is 2. The standard InChI is InChI=1S/C14H22N4O3S/c1-22(20,21)18-8-4-5-11(18)9-15-14(19)12-10-16-17-7-3-2-6-13(12)17/h10-11H,2-9H2,1H3,(H,15,19)/t11-/m1/s1. The van der Waals surface area contributed by atoms with Gasteiger partial charge in [0.15, 0.2) is 0 Å². The highest BCUT2D eigenvalue weighted by atomic mass is 32.2. The van der Waals surface area contributed by atoms with Gasteiger partial charge in [-0.05, 0) is 32.1 Å². The highest BCUT2D eigenvalue weighted by Gasteiger charge is 2.31. The van der Waals surface area contributed by atoms with Crippen LogP contribution in [-0.2, 0) is 23.0 Å². The van der Waals surface area contributed by atoms with Crippen LogP contribution >= 0.6 is 0 Å². The minimum atomic E-state index is -3.20. The first-order chi connectivity index (χ1) is 10.5. The van der Waals surface area contributed by atoms with E-state index in [1.807, 2.05) is 4.68 Å². The number of aryl methyl sites for hydroxylation is 1. The van der Waals surface area contributed by atoms with Crippen LogP contribution in [0.5, 0.6) is 0 Å². The number of amides is 1. The Morgan fingerprint density at radius 1 is 1.36 bits per heavy atom. The van der Waals surface area contributed by atoms with E-state index in [0.29, 0.717) is 18.7 Å². The van der Waals surface area contributed by atoms with Crippen molar-refractivity contribution in [2.75, 3.05) is 19.3 Å². The van der Waals surface area contributed by atoms with Crippen molar-refractivity contribution in [3.05, 3.63) is 17.5 Å². The van der Waals surface area contributed by atoms with E-state index in [1.165, 1.54) is 10.6 Å². The number of fused-ring (bicyclic) bond motifs is 1. The van der Waals surface area contributed by atoms with Gasteiger partial charge in [-0.15, -0.1) is 0 Å². The van der Waals surface area contributed by atoms with Gasteiger partial charge >= 0.3 is 0 Å². The average molecular weight is 326 g/mol. The van der Waals surface area contributed by atoms with Gasteiger partial charge in [-0.3, -0.25) is 9.48 Å². The maximum atomic E-state index is 12.4. The van der Waals surface area contributed by atoms with Crippen LogP contribution in [0.2, 0.25) is 0 Å². The molecule has 3 rings (SSSR count). The van der Waals surface area contributed by atoms with E-state index in [9.17, 15) is 13.2 Å². The van der Waals surface area contributed by atoms with Crippen LogP contribution in [0.25, 0.3) is 0 Å². The average Bonchev–Trinajstić information content (AvgIpc) is 3.11. The molecule has 7 nitrogen and oxygen atoms in total. The summed E-state index contributed by atoms with van der Waals surface area (Å²) < 4.78 is 26.8. The lowest BCUT2D eigenvalue weighted by atomic mass is 10.1. The maximum absolute atomic E-state index is 12.4. The molecule has 1 saturated heterocycles. The van der Waals surface area contributed by atoms with Gasteiger partial charge in [0.25, 0.3) is 5.91 Å². The molecule has 0 aromatic carbocycles. The molecule has 22 heavy (non-hydrogen) atoms. The Balaban J connectivity index is 1.64. The smallest absolute Gasteiger partial charge is 0.254 e. The van der Waals surface area contributed by atoms with Crippen LogP contribution in [0.15, 0.2) is 6.20 Å². The predicted molar refractivity (Wildman–Crippen MR) is 82.1 cm³/mol. The molecule has 0 radical (unpaired) electrons. The Morgan fingerprint density at radius 2 is 2.18 bits per heavy atom. The Bertz CT molecular complexity index is 668. The van der Waals surface area contributed by atoms with Gasteiger partial charge in [-0.1, -0.05) is 0 Å². The second-order valence-electron chi connectivity index (χ2n) is 6.06.